The van der Waals surface area contributed by atoms with Crippen molar-refractivity contribution in [3.05, 3.63) is 29.8 Å². The third-order valence-corrected chi connectivity index (χ3v) is 4.02. The zero-order valence-electron chi connectivity index (χ0n) is 10.3. The standard InChI is InChI=1S/C14H19N3/c1-10-5-7-12(8-6-10)17-13(9-16-14(17)15)11-3-2-4-11/h5-8,11,13H,2-4,9H2,1H3,(H2,15,16). The number of anilines is 1. The largest absolute Gasteiger partial charge is 0.370 e. The highest BCUT2D eigenvalue weighted by Crippen LogP contribution is 2.36. The maximum Gasteiger partial charge on any atom is 0.196 e. The molecule has 3 heteroatoms. The van der Waals surface area contributed by atoms with E-state index in [0.29, 0.717) is 12.0 Å². The summed E-state index contributed by atoms with van der Waals surface area (Å²) in [6.07, 6.45) is 4.02. The first-order valence-corrected chi connectivity index (χ1v) is 6.41. The Balaban J connectivity index is 1.87. The number of rotatable bonds is 2. The topological polar surface area (TPSA) is 41.6 Å². The van der Waals surface area contributed by atoms with Crippen LogP contribution in [0.4, 0.5) is 5.69 Å². The number of nitrogens with zero attached hydrogens (tertiary/aromatic N) is 2. The summed E-state index contributed by atoms with van der Waals surface area (Å²) in [7, 11) is 0. The van der Waals surface area contributed by atoms with E-state index in [1.165, 1.54) is 30.5 Å². The van der Waals surface area contributed by atoms with Gasteiger partial charge in [0.2, 0.25) is 0 Å². The van der Waals surface area contributed by atoms with E-state index < -0.39 is 0 Å². The minimum atomic E-state index is 0.492. The minimum Gasteiger partial charge on any atom is -0.370 e. The second kappa shape index (κ2) is 4.06. The Hall–Kier alpha value is -1.51. The third kappa shape index (κ3) is 1.79. The number of hydrogen-bond acceptors (Lipinski definition) is 3. The van der Waals surface area contributed by atoms with Crippen LogP contribution in [0.2, 0.25) is 0 Å². The summed E-state index contributed by atoms with van der Waals surface area (Å²) in [5.74, 6) is 1.46. The molecular formula is C14H19N3. The Morgan fingerprint density at radius 2 is 1.94 bits per heavy atom. The molecule has 0 saturated heterocycles. The van der Waals surface area contributed by atoms with Gasteiger partial charge in [-0.3, -0.25) is 4.99 Å². The van der Waals surface area contributed by atoms with Crippen LogP contribution in [0, 0.1) is 12.8 Å². The molecule has 1 aliphatic carbocycles. The van der Waals surface area contributed by atoms with Crippen molar-refractivity contribution in [1.82, 2.24) is 0 Å². The van der Waals surface area contributed by atoms with E-state index in [0.717, 1.165) is 12.5 Å². The Morgan fingerprint density at radius 3 is 2.53 bits per heavy atom. The van der Waals surface area contributed by atoms with Gasteiger partial charge in [-0.2, -0.15) is 0 Å². The van der Waals surface area contributed by atoms with E-state index in [1.54, 1.807) is 0 Å². The van der Waals surface area contributed by atoms with Gasteiger partial charge < -0.3 is 10.6 Å². The van der Waals surface area contributed by atoms with E-state index in [1.807, 2.05) is 0 Å². The Labute approximate surface area is 102 Å². The lowest BCUT2D eigenvalue weighted by molar-refractivity contribution is 0.271. The molecule has 0 bridgehead atoms. The van der Waals surface area contributed by atoms with Gasteiger partial charge in [-0.1, -0.05) is 24.1 Å². The van der Waals surface area contributed by atoms with Crippen LogP contribution < -0.4 is 10.6 Å². The molecule has 3 nitrogen and oxygen atoms in total. The fourth-order valence-electron chi connectivity index (χ4n) is 2.73. The van der Waals surface area contributed by atoms with Crippen LogP contribution in [-0.2, 0) is 0 Å². The zero-order valence-corrected chi connectivity index (χ0v) is 10.3. The number of nitrogens with two attached hydrogens (primary N) is 1. The highest BCUT2D eigenvalue weighted by molar-refractivity contribution is 5.97. The Morgan fingerprint density at radius 1 is 1.24 bits per heavy atom. The van der Waals surface area contributed by atoms with E-state index in [9.17, 15) is 0 Å². The summed E-state index contributed by atoms with van der Waals surface area (Å²) in [6, 6.07) is 9.06. The van der Waals surface area contributed by atoms with Crippen molar-refractivity contribution in [2.45, 2.75) is 32.2 Å². The monoisotopic (exact) mass is 229 g/mol. The fraction of sp³-hybridized carbons (Fsp3) is 0.500. The number of hydrogen-bond donors (Lipinski definition) is 1. The first-order valence-electron chi connectivity index (χ1n) is 6.41. The van der Waals surface area contributed by atoms with Crippen LogP contribution >= 0.6 is 0 Å². The normalized spacial score (nSPS) is 24.6. The predicted octanol–water partition coefficient (Wildman–Crippen LogP) is 2.30. The molecule has 1 aromatic carbocycles. The molecule has 1 saturated carbocycles. The first kappa shape index (κ1) is 10.6. The van der Waals surface area contributed by atoms with Crippen LogP contribution in [0.25, 0.3) is 0 Å². The molecule has 0 amide bonds. The van der Waals surface area contributed by atoms with Crippen molar-refractivity contribution >= 4 is 11.6 Å². The van der Waals surface area contributed by atoms with Gasteiger partial charge in [0.1, 0.15) is 0 Å². The van der Waals surface area contributed by atoms with E-state index in [4.69, 9.17) is 5.73 Å². The third-order valence-electron chi connectivity index (χ3n) is 4.02. The van der Waals surface area contributed by atoms with Gasteiger partial charge in [-0.05, 0) is 37.8 Å². The summed E-state index contributed by atoms with van der Waals surface area (Å²) in [6.45, 7) is 2.97. The molecule has 90 valence electrons. The molecule has 3 rings (SSSR count). The molecule has 2 aliphatic rings. The summed E-state index contributed by atoms with van der Waals surface area (Å²) < 4.78 is 0. The molecule has 17 heavy (non-hydrogen) atoms. The van der Waals surface area contributed by atoms with E-state index in [2.05, 4.69) is 41.1 Å². The molecule has 1 fully saturated rings. The van der Waals surface area contributed by atoms with Crippen LogP contribution in [0.5, 0.6) is 0 Å². The van der Waals surface area contributed by atoms with Crippen LogP contribution in [-0.4, -0.2) is 18.5 Å². The second-order valence-electron chi connectivity index (χ2n) is 5.16. The molecule has 0 aromatic heterocycles. The van der Waals surface area contributed by atoms with Crippen molar-refractivity contribution < 1.29 is 0 Å². The number of benzene rings is 1. The van der Waals surface area contributed by atoms with Crippen molar-refractivity contribution in [2.75, 3.05) is 11.4 Å². The SMILES string of the molecule is Cc1ccc(N2C(N)=NCC2C2CCC2)cc1. The Kier molecular flexibility index (Phi) is 2.54. The maximum atomic E-state index is 6.03. The van der Waals surface area contributed by atoms with Gasteiger partial charge >= 0.3 is 0 Å². The molecule has 1 aliphatic heterocycles. The van der Waals surface area contributed by atoms with Crippen molar-refractivity contribution in [1.29, 1.82) is 0 Å². The van der Waals surface area contributed by atoms with Gasteiger partial charge in [-0.25, -0.2) is 0 Å². The summed E-state index contributed by atoms with van der Waals surface area (Å²) in [5, 5.41) is 0. The van der Waals surface area contributed by atoms with E-state index >= 15 is 0 Å². The number of guanidine groups is 1. The number of aliphatic imine (C=N–C) groups is 1. The van der Waals surface area contributed by atoms with Gasteiger partial charge in [0.05, 0.1) is 12.6 Å². The molecular weight excluding hydrogens is 210 g/mol. The first-order chi connectivity index (χ1) is 8.25. The van der Waals surface area contributed by atoms with Crippen LogP contribution in [0.15, 0.2) is 29.3 Å². The zero-order chi connectivity index (χ0) is 11.8. The summed E-state index contributed by atoms with van der Waals surface area (Å²) in [4.78, 5) is 6.65. The highest BCUT2D eigenvalue weighted by Gasteiger charge is 2.36. The van der Waals surface area contributed by atoms with Crippen LogP contribution in [0.1, 0.15) is 24.8 Å². The molecule has 0 radical (unpaired) electrons. The molecule has 0 spiro atoms. The molecule has 1 unspecified atom stereocenters. The Bertz CT molecular complexity index is 431. The van der Waals surface area contributed by atoms with Crippen LogP contribution in [0.3, 0.4) is 0 Å². The quantitative estimate of drug-likeness (QED) is 0.845. The molecule has 2 N–H and O–H groups in total. The predicted molar refractivity (Wildman–Crippen MR) is 71.3 cm³/mol. The summed E-state index contributed by atoms with van der Waals surface area (Å²) >= 11 is 0. The van der Waals surface area contributed by atoms with Gasteiger partial charge in [0, 0.05) is 5.69 Å². The highest BCUT2D eigenvalue weighted by atomic mass is 15.3. The van der Waals surface area contributed by atoms with E-state index in [-0.39, 0.29) is 0 Å². The molecule has 1 aromatic rings. The lowest BCUT2D eigenvalue weighted by Crippen LogP contribution is -2.46. The second-order valence-corrected chi connectivity index (χ2v) is 5.16. The number of aryl methyl sites for hydroxylation is 1. The molecule has 1 atom stereocenters. The smallest absolute Gasteiger partial charge is 0.196 e. The van der Waals surface area contributed by atoms with Gasteiger partial charge in [0.15, 0.2) is 5.96 Å². The molecule has 1 heterocycles. The van der Waals surface area contributed by atoms with Gasteiger partial charge in [0.25, 0.3) is 0 Å². The van der Waals surface area contributed by atoms with Crippen molar-refractivity contribution in [2.24, 2.45) is 16.6 Å². The van der Waals surface area contributed by atoms with Gasteiger partial charge in [-0.15, -0.1) is 0 Å². The summed E-state index contributed by atoms with van der Waals surface area (Å²) in [5.41, 5.74) is 8.50. The maximum absolute atomic E-state index is 6.03. The minimum absolute atomic E-state index is 0.492. The average molecular weight is 229 g/mol. The van der Waals surface area contributed by atoms with Crippen molar-refractivity contribution in [3.8, 4) is 0 Å². The lowest BCUT2D eigenvalue weighted by Gasteiger charge is -2.37. The fourth-order valence-corrected chi connectivity index (χ4v) is 2.73. The van der Waals surface area contributed by atoms with Crippen molar-refractivity contribution in [3.63, 3.8) is 0 Å². The lowest BCUT2D eigenvalue weighted by atomic mass is 9.79. The average Bonchev–Trinajstić information content (AvgIpc) is 2.60.